The number of hydrogen-bond acceptors (Lipinski definition) is 6. The number of aryl methyl sites for hydroxylation is 1. The van der Waals surface area contributed by atoms with E-state index in [1.165, 1.54) is 0 Å². The van der Waals surface area contributed by atoms with Crippen LogP contribution in [0.2, 0.25) is 0 Å². The molecule has 0 radical (unpaired) electrons. The molecule has 0 bridgehead atoms. The van der Waals surface area contributed by atoms with E-state index in [9.17, 15) is 19.2 Å². The highest BCUT2D eigenvalue weighted by Gasteiger charge is 2.12. The van der Waals surface area contributed by atoms with Gasteiger partial charge in [0.1, 0.15) is 0 Å². The number of esters is 2. The van der Waals surface area contributed by atoms with E-state index < -0.39 is 24.5 Å². The van der Waals surface area contributed by atoms with Crippen molar-refractivity contribution in [3.63, 3.8) is 0 Å². The monoisotopic (exact) mass is 440 g/mol. The van der Waals surface area contributed by atoms with Crippen LogP contribution in [0.5, 0.6) is 0 Å². The number of anilines is 2. The number of hydrogen-bond donors (Lipinski definition) is 2. The lowest BCUT2D eigenvalue weighted by Crippen LogP contribution is -2.22. The molecule has 2 aromatic carbocycles. The van der Waals surface area contributed by atoms with E-state index in [-0.39, 0.29) is 24.7 Å². The Labute approximate surface area is 187 Å². The summed E-state index contributed by atoms with van der Waals surface area (Å²) in [5, 5.41) is 5.30. The molecule has 0 aliphatic carbocycles. The van der Waals surface area contributed by atoms with Crippen molar-refractivity contribution >= 4 is 35.1 Å². The van der Waals surface area contributed by atoms with Crippen LogP contribution in [0.3, 0.4) is 0 Å². The zero-order valence-electron chi connectivity index (χ0n) is 18.5. The number of benzene rings is 2. The summed E-state index contributed by atoms with van der Waals surface area (Å²) in [5.74, 6) is -1.67. The first-order valence-corrected chi connectivity index (χ1v) is 10.3. The maximum absolute atomic E-state index is 12.0. The van der Waals surface area contributed by atoms with Gasteiger partial charge >= 0.3 is 11.9 Å². The first kappa shape index (κ1) is 24.6. The van der Waals surface area contributed by atoms with Crippen LogP contribution < -0.4 is 10.6 Å². The van der Waals surface area contributed by atoms with Crippen LogP contribution in [0, 0.1) is 12.8 Å². The third kappa shape index (κ3) is 8.59. The van der Waals surface area contributed by atoms with Crippen LogP contribution in [0.25, 0.3) is 0 Å². The average Bonchev–Trinajstić information content (AvgIpc) is 2.76. The summed E-state index contributed by atoms with van der Waals surface area (Å²) in [7, 11) is 0. The predicted octanol–water partition coefficient (Wildman–Crippen LogP) is 3.71. The van der Waals surface area contributed by atoms with E-state index in [1.807, 2.05) is 32.9 Å². The number of rotatable bonds is 10. The van der Waals surface area contributed by atoms with Crippen LogP contribution in [0.15, 0.2) is 48.5 Å². The molecule has 0 saturated heterocycles. The largest absolute Gasteiger partial charge is 0.462 e. The molecule has 2 rings (SSSR count). The van der Waals surface area contributed by atoms with Gasteiger partial charge in [-0.1, -0.05) is 32.0 Å². The quantitative estimate of drug-likeness (QED) is 0.545. The first-order chi connectivity index (χ1) is 15.2. The van der Waals surface area contributed by atoms with Crippen molar-refractivity contribution in [1.82, 2.24) is 0 Å². The molecule has 170 valence electrons. The molecule has 8 heteroatoms. The van der Waals surface area contributed by atoms with Crippen molar-refractivity contribution in [3.8, 4) is 0 Å². The molecule has 0 aromatic heterocycles. The maximum atomic E-state index is 12.0. The molecular formula is C24H28N2O6. The van der Waals surface area contributed by atoms with Crippen LogP contribution in [-0.4, -0.2) is 37.0 Å². The van der Waals surface area contributed by atoms with Gasteiger partial charge in [-0.05, 0) is 48.7 Å². The van der Waals surface area contributed by atoms with Crippen LogP contribution >= 0.6 is 0 Å². The van der Waals surface area contributed by atoms with Gasteiger partial charge in [-0.25, -0.2) is 4.79 Å². The summed E-state index contributed by atoms with van der Waals surface area (Å²) >= 11 is 0. The maximum Gasteiger partial charge on any atom is 0.338 e. The molecule has 0 aliphatic rings. The summed E-state index contributed by atoms with van der Waals surface area (Å²) in [6.07, 6.45) is -0.264. The Morgan fingerprint density at radius 1 is 0.844 bits per heavy atom. The number of amides is 2. The van der Waals surface area contributed by atoms with Crippen molar-refractivity contribution in [3.05, 3.63) is 59.7 Å². The Kier molecular flexibility index (Phi) is 9.41. The highest BCUT2D eigenvalue weighted by atomic mass is 16.5. The third-order valence-electron chi connectivity index (χ3n) is 4.29. The minimum Gasteiger partial charge on any atom is -0.462 e. The summed E-state index contributed by atoms with van der Waals surface area (Å²) in [6, 6.07) is 13.5. The highest BCUT2D eigenvalue weighted by Crippen LogP contribution is 2.13. The molecule has 32 heavy (non-hydrogen) atoms. The summed E-state index contributed by atoms with van der Waals surface area (Å²) in [4.78, 5) is 47.7. The molecular weight excluding hydrogens is 412 g/mol. The first-order valence-electron chi connectivity index (χ1n) is 10.3. The molecule has 2 N–H and O–H groups in total. The minimum absolute atomic E-state index is 0.101. The van der Waals surface area contributed by atoms with Crippen LogP contribution in [0.4, 0.5) is 11.4 Å². The van der Waals surface area contributed by atoms with E-state index in [0.29, 0.717) is 23.5 Å². The summed E-state index contributed by atoms with van der Waals surface area (Å²) in [6.45, 7) is 5.65. The van der Waals surface area contributed by atoms with Gasteiger partial charge in [-0.2, -0.15) is 0 Å². The predicted molar refractivity (Wildman–Crippen MR) is 120 cm³/mol. The fourth-order valence-electron chi connectivity index (χ4n) is 2.57. The number of para-hydroxylation sites is 1. The second-order valence-electron chi connectivity index (χ2n) is 7.64. The second kappa shape index (κ2) is 12.2. The van der Waals surface area contributed by atoms with E-state index >= 15 is 0 Å². The standard InChI is InChI=1S/C24H28N2O6/c1-16(2)14-32-24(30)18-8-10-19(11-9-18)25-21(27)12-13-23(29)31-15-22(28)26-20-7-5-4-6-17(20)3/h4-11,16H,12-15H2,1-3H3,(H,25,27)(H,26,28). The lowest BCUT2D eigenvalue weighted by Gasteiger charge is -2.09. The van der Waals surface area contributed by atoms with E-state index in [1.54, 1.807) is 36.4 Å². The zero-order valence-corrected chi connectivity index (χ0v) is 18.5. The van der Waals surface area contributed by atoms with Gasteiger partial charge in [-0.3, -0.25) is 14.4 Å². The van der Waals surface area contributed by atoms with Crippen molar-refractivity contribution in [2.75, 3.05) is 23.8 Å². The second-order valence-corrected chi connectivity index (χ2v) is 7.64. The Morgan fingerprint density at radius 2 is 1.53 bits per heavy atom. The lowest BCUT2D eigenvalue weighted by atomic mass is 10.2. The van der Waals surface area contributed by atoms with E-state index in [0.717, 1.165) is 5.56 Å². The zero-order chi connectivity index (χ0) is 23.5. The Bertz CT molecular complexity index is 953. The Hall–Kier alpha value is -3.68. The minimum atomic E-state index is -0.650. The number of carbonyl (C=O) groups is 4. The fraction of sp³-hybridized carbons (Fsp3) is 0.333. The van der Waals surface area contributed by atoms with E-state index in [2.05, 4.69) is 10.6 Å². The summed E-state index contributed by atoms with van der Waals surface area (Å²) in [5.41, 5.74) is 2.41. The molecule has 2 amide bonds. The van der Waals surface area contributed by atoms with Crippen LogP contribution in [-0.2, 0) is 23.9 Å². The Morgan fingerprint density at radius 3 is 2.19 bits per heavy atom. The van der Waals surface area contributed by atoms with E-state index in [4.69, 9.17) is 9.47 Å². The molecule has 0 heterocycles. The van der Waals surface area contributed by atoms with Crippen molar-refractivity contribution < 1.29 is 28.7 Å². The smallest absolute Gasteiger partial charge is 0.338 e. The topological polar surface area (TPSA) is 111 Å². The lowest BCUT2D eigenvalue weighted by molar-refractivity contribution is -0.147. The average molecular weight is 440 g/mol. The molecule has 2 aromatic rings. The van der Waals surface area contributed by atoms with Gasteiger partial charge in [0.05, 0.1) is 18.6 Å². The number of ether oxygens (including phenoxy) is 2. The highest BCUT2D eigenvalue weighted by molar-refractivity contribution is 5.95. The van der Waals surface area contributed by atoms with Crippen molar-refractivity contribution in [2.24, 2.45) is 5.92 Å². The number of nitrogens with one attached hydrogen (secondary N) is 2. The van der Waals surface area contributed by atoms with Gasteiger partial charge in [0.25, 0.3) is 5.91 Å². The molecule has 0 aliphatic heterocycles. The molecule has 8 nitrogen and oxygen atoms in total. The Balaban J connectivity index is 1.69. The van der Waals surface area contributed by atoms with Gasteiger partial charge in [0, 0.05) is 17.8 Å². The van der Waals surface area contributed by atoms with Gasteiger partial charge in [-0.15, -0.1) is 0 Å². The summed E-state index contributed by atoms with van der Waals surface area (Å²) < 4.78 is 10.1. The SMILES string of the molecule is Cc1ccccc1NC(=O)COC(=O)CCC(=O)Nc1ccc(C(=O)OCC(C)C)cc1. The van der Waals surface area contributed by atoms with Gasteiger partial charge < -0.3 is 20.1 Å². The molecule has 0 fully saturated rings. The fourth-order valence-corrected chi connectivity index (χ4v) is 2.57. The van der Waals surface area contributed by atoms with Gasteiger partial charge in [0.15, 0.2) is 6.61 Å². The molecule has 0 saturated carbocycles. The van der Waals surface area contributed by atoms with Crippen LogP contribution in [0.1, 0.15) is 42.6 Å². The normalized spacial score (nSPS) is 10.4. The van der Waals surface area contributed by atoms with Crippen molar-refractivity contribution in [2.45, 2.75) is 33.6 Å². The third-order valence-corrected chi connectivity index (χ3v) is 4.29. The molecule has 0 spiro atoms. The van der Waals surface area contributed by atoms with Crippen molar-refractivity contribution in [1.29, 1.82) is 0 Å². The molecule has 0 atom stereocenters. The van der Waals surface area contributed by atoms with Gasteiger partial charge in [0.2, 0.25) is 5.91 Å². The number of carbonyl (C=O) groups excluding carboxylic acids is 4. The molecule has 0 unspecified atom stereocenters.